The molecule has 3 nitrogen and oxygen atoms in total. The fraction of sp³-hybridized carbons (Fsp3) is 0.273. The van der Waals surface area contributed by atoms with Crippen LogP contribution in [-0.4, -0.2) is 20.8 Å². The molecule has 1 aliphatic carbocycles. The number of fused-ring (bicyclic) bond motifs is 1. The second-order valence-corrected chi connectivity index (χ2v) is 13.1. The molecule has 0 bridgehead atoms. The standard InChI is InChI=1S/C33H34O3S2/c34-38(35,25-30-15-10-23-37-30)24-8-2-7-22-36-29-20-18-28(19-21-29)33-31-16-6-5-13-27(31)14-9-17-32(33)26-11-3-1-4-12-26/h1,3-6,10-13,15-16,18-21,23H,2,7-9,14,17,22,24-25H2. The zero-order valence-corrected chi connectivity index (χ0v) is 23.3. The summed E-state index contributed by atoms with van der Waals surface area (Å²) in [6.07, 6.45) is 5.63. The van der Waals surface area contributed by atoms with Gasteiger partial charge in [0.1, 0.15) is 5.75 Å². The van der Waals surface area contributed by atoms with Gasteiger partial charge in [0.25, 0.3) is 0 Å². The number of hydrogen-bond acceptors (Lipinski definition) is 4. The van der Waals surface area contributed by atoms with E-state index in [-0.39, 0.29) is 11.5 Å². The van der Waals surface area contributed by atoms with E-state index in [4.69, 9.17) is 4.74 Å². The van der Waals surface area contributed by atoms with Gasteiger partial charge in [-0.05, 0) is 95.5 Å². The molecule has 0 unspecified atom stereocenters. The third-order valence-corrected chi connectivity index (χ3v) is 9.76. The molecule has 0 radical (unpaired) electrons. The Balaban J connectivity index is 1.21. The van der Waals surface area contributed by atoms with Crippen LogP contribution in [0.3, 0.4) is 0 Å². The molecule has 0 atom stereocenters. The number of unbranched alkanes of at least 4 members (excludes halogenated alkanes) is 2. The first kappa shape index (κ1) is 26.5. The molecule has 0 aliphatic heterocycles. The molecular formula is C33H34O3S2. The van der Waals surface area contributed by atoms with Crippen LogP contribution in [0.25, 0.3) is 11.1 Å². The van der Waals surface area contributed by atoms with Crippen LogP contribution >= 0.6 is 11.3 Å². The Morgan fingerprint density at radius 1 is 0.737 bits per heavy atom. The predicted molar refractivity (Wildman–Crippen MR) is 159 cm³/mol. The maximum atomic E-state index is 12.3. The van der Waals surface area contributed by atoms with Crippen LogP contribution in [0.2, 0.25) is 0 Å². The maximum Gasteiger partial charge on any atom is 0.155 e. The van der Waals surface area contributed by atoms with Gasteiger partial charge in [-0.25, -0.2) is 8.42 Å². The van der Waals surface area contributed by atoms with Crippen molar-refractivity contribution in [3.63, 3.8) is 0 Å². The van der Waals surface area contributed by atoms with E-state index in [0.29, 0.717) is 13.0 Å². The monoisotopic (exact) mass is 542 g/mol. The van der Waals surface area contributed by atoms with Crippen LogP contribution in [-0.2, 0) is 22.0 Å². The predicted octanol–water partition coefficient (Wildman–Crippen LogP) is 8.21. The molecule has 1 aromatic heterocycles. The van der Waals surface area contributed by atoms with Crippen LogP contribution in [0.4, 0.5) is 0 Å². The van der Waals surface area contributed by atoms with Crippen LogP contribution < -0.4 is 4.74 Å². The molecule has 196 valence electrons. The minimum Gasteiger partial charge on any atom is -0.494 e. The van der Waals surface area contributed by atoms with Crippen molar-refractivity contribution >= 4 is 32.3 Å². The zero-order chi connectivity index (χ0) is 26.2. The molecule has 1 heterocycles. The summed E-state index contributed by atoms with van der Waals surface area (Å²) in [5, 5.41) is 1.92. The summed E-state index contributed by atoms with van der Waals surface area (Å²) in [4.78, 5) is 0.913. The van der Waals surface area contributed by atoms with Crippen molar-refractivity contribution in [1.82, 2.24) is 0 Å². The highest BCUT2D eigenvalue weighted by atomic mass is 32.2. The number of hydrogen-bond donors (Lipinski definition) is 0. The first-order chi connectivity index (χ1) is 18.6. The van der Waals surface area contributed by atoms with E-state index in [0.717, 1.165) is 42.7 Å². The Kier molecular flexibility index (Phi) is 8.77. The minimum absolute atomic E-state index is 0.153. The lowest BCUT2D eigenvalue weighted by Crippen LogP contribution is -2.09. The van der Waals surface area contributed by atoms with Crippen molar-refractivity contribution < 1.29 is 13.2 Å². The summed E-state index contributed by atoms with van der Waals surface area (Å²) in [6, 6.07) is 31.8. The quantitative estimate of drug-likeness (QED) is 0.179. The van der Waals surface area contributed by atoms with Gasteiger partial charge in [-0.1, -0.05) is 72.8 Å². The zero-order valence-electron chi connectivity index (χ0n) is 21.6. The first-order valence-corrected chi connectivity index (χ1v) is 16.1. The van der Waals surface area contributed by atoms with E-state index in [9.17, 15) is 8.42 Å². The highest BCUT2D eigenvalue weighted by Gasteiger charge is 2.20. The van der Waals surface area contributed by atoms with Crippen molar-refractivity contribution in [2.24, 2.45) is 0 Å². The number of sulfone groups is 1. The molecule has 0 saturated carbocycles. The summed E-state index contributed by atoms with van der Waals surface area (Å²) in [7, 11) is -3.04. The van der Waals surface area contributed by atoms with E-state index in [1.54, 1.807) is 0 Å². The van der Waals surface area contributed by atoms with Crippen molar-refractivity contribution in [3.8, 4) is 5.75 Å². The topological polar surface area (TPSA) is 43.4 Å². The van der Waals surface area contributed by atoms with Crippen LogP contribution in [0, 0.1) is 0 Å². The average Bonchev–Trinajstić information content (AvgIpc) is 3.36. The second-order valence-electron chi connectivity index (χ2n) is 9.84. The maximum absolute atomic E-state index is 12.3. The van der Waals surface area contributed by atoms with Gasteiger partial charge in [-0.3, -0.25) is 0 Å². The number of rotatable bonds is 11. The van der Waals surface area contributed by atoms with Gasteiger partial charge in [0.2, 0.25) is 0 Å². The van der Waals surface area contributed by atoms with Crippen LogP contribution in [0.5, 0.6) is 5.75 Å². The first-order valence-electron chi connectivity index (χ1n) is 13.4. The van der Waals surface area contributed by atoms with Crippen molar-refractivity contribution in [2.45, 2.75) is 44.3 Å². The third kappa shape index (κ3) is 6.83. The molecule has 0 fully saturated rings. The molecule has 0 N–H and O–H groups in total. The summed E-state index contributed by atoms with van der Waals surface area (Å²) < 4.78 is 30.6. The third-order valence-electron chi connectivity index (χ3n) is 7.04. The molecule has 5 rings (SSSR count). The van der Waals surface area contributed by atoms with Crippen LogP contribution in [0.1, 0.15) is 59.2 Å². The summed E-state index contributed by atoms with van der Waals surface area (Å²) in [6.45, 7) is 0.588. The van der Waals surface area contributed by atoms with Gasteiger partial charge < -0.3 is 4.74 Å². The van der Waals surface area contributed by atoms with Gasteiger partial charge in [-0.2, -0.15) is 0 Å². The normalized spacial score (nSPS) is 13.7. The summed E-state index contributed by atoms with van der Waals surface area (Å²) in [5.41, 5.74) is 7.95. The smallest absolute Gasteiger partial charge is 0.155 e. The number of benzene rings is 3. The van der Waals surface area contributed by atoms with Gasteiger partial charge in [-0.15, -0.1) is 11.3 Å². The summed E-state index contributed by atoms with van der Waals surface area (Å²) >= 11 is 1.50. The number of thiophene rings is 1. The molecule has 38 heavy (non-hydrogen) atoms. The Labute approximate surface area is 230 Å². The van der Waals surface area contributed by atoms with Crippen molar-refractivity contribution in [1.29, 1.82) is 0 Å². The Morgan fingerprint density at radius 2 is 1.53 bits per heavy atom. The summed E-state index contributed by atoms with van der Waals surface area (Å²) in [5.74, 6) is 1.24. The molecule has 0 amide bonds. The number of aryl methyl sites for hydroxylation is 1. The van der Waals surface area contributed by atoms with Gasteiger partial charge >= 0.3 is 0 Å². The molecule has 0 saturated heterocycles. The van der Waals surface area contributed by atoms with Crippen molar-refractivity contribution in [2.75, 3.05) is 12.4 Å². The molecular weight excluding hydrogens is 508 g/mol. The van der Waals surface area contributed by atoms with E-state index in [2.05, 4.69) is 78.9 Å². The lowest BCUT2D eigenvalue weighted by atomic mass is 9.88. The van der Waals surface area contributed by atoms with Crippen molar-refractivity contribution in [3.05, 3.63) is 124 Å². The van der Waals surface area contributed by atoms with E-state index in [1.807, 2.05) is 17.5 Å². The molecule has 5 heteroatoms. The highest BCUT2D eigenvalue weighted by Crippen LogP contribution is 2.40. The second kappa shape index (κ2) is 12.6. The molecule has 1 aliphatic rings. The Hall–Kier alpha value is -3.15. The fourth-order valence-electron chi connectivity index (χ4n) is 5.18. The van der Waals surface area contributed by atoms with E-state index >= 15 is 0 Å². The highest BCUT2D eigenvalue weighted by molar-refractivity contribution is 7.90. The molecule has 3 aromatic carbocycles. The minimum atomic E-state index is -3.04. The number of allylic oxidation sites excluding steroid dienone is 1. The largest absolute Gasteiger partial charge is 0.494 e. The van der Waals surface area contributed by atoms with Crippen LogP contribution in [0.15, 0.2) is 96.4 Å². The van der Waals surface area contributed by atoms with Gasteiger partial charge in [0, 0.05) is 4.88 Å². The van der Waals surface area contributed by atoms with E-state index in [1.165, 1.54) is 44.7 Å². The van der Waals surface area contributed by atoms with Gasteiger partial charge in [0.15, 0.2) is 9.84 Å². The Morgan fingerprint density at radius 3 is 2.32 bits per heavy atom. The van der Waals surface area contributed by atoms with E-state index < -0.39 is 9.84 Å². The Bertz CT molecular complexity index is 1450. The van der Waals surface area contributed by atoms with Gasteiger partial charge in [0.05, 0.1) is 18.1 Å². The molecule has 4 aromatic rings. The average molecular weight is 543 g/mol. The molecule has 0 spiro atoms. The number of ether oxygens (including phenoxy) is 1. The lowest BCUT2D eigenvalue weighted by Gasteiger charge is -2.17. The lowest BCUT2D eigenvalue weighted by molar-refractivity contribution is 0.306. The fourth-order valence-corrected chi connectivity index (χ4v) is 7.79. The SMILES string of the molecule is O=S(=O)(CCCCCOc1ccc(C2=C(c3ccccc3)CCCc3ccccc32)cc1)Cc1cccs1.